The maximum Gasteiger partial charge on any atom is 0.315 e. The Morgan fingerprint density at radius 1 is 1.45 bits per heavy atom. The Hall–Kier alpha value is -1.01. The van der Waals surface area contributed by atoms with Crippen molar-refractivity contribution in [1.82, 2.24) is 4.90 Å². The van der Waals surface area contributed by atoms with E-state index in [0.29, 0.717) is 23.1 Å². The largest absolute Gasteiger partial charge is 0.468 e. The van der Waals surface area contributed by atoms with Gasteiger partial charge in [-0.05, 0) is 34.5 Å². The van der Waals surface area contributed by atoms with Crippen LogP contribution in [0.1, 0.15) is 16.8 Å². The van der Waals surface area contributed by atoms with Gasteiger partial charge >= 0.3 is 5.97 Å². The molecule has 1 aromatic rings. The van der Waals surface area contributed by atoms with Crippen molar-refractivity contribution < 1.29 is 14.3 Å². The number of nitrogens with zero attached hydrogens (tertiary/aromatic N) is 1. The topological polar surface area (TPSA) is 46.6 Å². The second-order valence-electron chi connectivity index (χ2n) is 4.53. The summed E-state index contributed by atoms with van der Waals surface area (Å²) in [5.41, 5.74) is 0.686. The first kappa shape index (κ1) is 15.4. The molecular weight excluding hydrogens is 342 g/mol. The van der Waals surface area contributed by atoms with Crippen LogP contribution in [0.2, 0.25) is 0 Å². The molecule has 6 heteroatoms. The molecule has 0 saturated carbocycles. The summed E-state index contributed by atoms with van der Waals surface area (Å²) in [7, 11) is 1.39. The number of amides is 1. The molecular formula is C14H16BrNO3S. The van der Waals surface area contributed by atoms with Crippen molar-refractivity contribution in [1.29, 1.82) is 0 Å². The highest BCUT2D eigenvalue weighted by Gasteiger charge is 2.28. The Bertz CT molecular complexity index is 509. The third-order valence-electron chi connectivity index (χ3n) is 3.20. The van der Waals surface area contributed by atoms with E-state index in [0.717, 1.165) is 17.4 Å². The summed E-state index contributed by atoms with van der Waals surface area (Å²) in [4.78, 5) is 25.4. The average Bonchev–Trinajstić information content (AvgIpc) is 2.93. The standard InChI is InChI=1S/C14H16BrNO3S/c1-19-13(17)9-20-10-6-7-16(8-10)14(18)11-4-2-3-5-12(11)15/h2-5,10H,6-9H2,1H3. The normalized spacial score (nSPS) is 18.1. The number of halogens is 1. The molecule has 108 valence electrons. The van der Waals surface area contributed by atoms with Crippen LogP contribution in [0.25, 0.3) is 0 Å². The molecule has 1 saturated heterocycles. The van der Waals surface area contributed by atoms with Crippen LogP contribution in [0.15, 0.2) is 28.7 Å². The molecule has 0 bridgehead atoms. The maximum atomic E-state index is 12.4. The van der Waals surface area contributed by atoms with Gasteiger partial charge in [0.1, 0.15) is 0 Å². The van der Waals surface area contributed by atoms with Gasteiger partial charge in [-0.3, -0.25) is 9.59 Å². The number of hydrogen-bond acceptors (Lipinski definition) is 4. The molecule has 0 spiro atoms. The zero-order chi connectivity index (χ0) is 14.5. The van der Waals surface area contributed by atoms with Crippen molar-refractivity contribution in [3.05, 3.63) is 34.3 Å². The molecule has 1 fully saturated rings. The number of carbonyl (C=O) groups excluding carboxylic acids is 2. The summed E-state index contributed by atoms with van der Waals surface area (Å²) in [6, 6.07) is 7.44. The van der Waals surface area contributed by atoms with Crippen LogP contribution in [0.3, 0.4) is 0 Å². The number of methoxy groups -OCH3 is 1. The van der Waals surface area contributed by atoms with Gasteiger partial charge < -0.3 is 9.64 Å². The Labute approximate surface area is 131 Å². The quantitative estimate of drug-likeness (QED) is 0.777. The molecule has 0 N–H and O–H groups in total. The van der Waals surface area contributed by atoms with Crippen molar-refractivity contribution in [3.8, 4) is 0 Å². The monoisotopic (exact) mass is 357 g/mol. The van der Waals surface area contributed by atoms with Gasteiger partial charge in [-0.15, -0.1) is 11.8 Å². The number of carbonyl (C=O) groups is 2. The molecule has 2 rings (SSSR count). The maximum absolute atomic E-state index is 12.4. The van der Waals surface area contributed by atoms with Gasteiger partial charge in [0.25, 0.3) is 5.91 Å². The highest BCUT2D eigenvalue weighted by atomic mass is 79.9. The summed E-state index contributed by atoms with van der Waals surface area (Å²) in [6.45, 7) is 1.42. The third kappa shape index (κ3) is 3.76. The minimum Gasteiger partial charge on any atom is -0.468 e. The highest BCUT2D eigenvalue weighted by molar-refractivity contribution is 9.10. The van der Waals surface area contributed by atoms with E-state index in [4.69, 9.17) is 0 Å². The van der Waals surface area contributed by atoms with Crippen molar-refractivity contribution in [2.45, 2.75) is 11.7 Å². The van der Waals surface area contributed by atoms with Crippen molar-refractivity contribution in [2.24, 2.45) is 0 Å². The van der Waals surface area contributed by atoms with E-state index in [9.17, 15) is 9.59 Å². The molecule has 0 radical (unpaired) electrons. The van der Waals surface area contributed by atoms with Crippen molar-refractivity contribution in [2.75, 3.05) is 26.0 Å². The van der Waals surface area contributed by atoms with Crippen LogP contribution in [0, 0.1) is 0 Å². The van der Waals surface area contributed by atoms with E-state index in [1.165, 1.54) is 7.11 Å². The number of likely N-dealkylation sites (tertiary alicyclic amines) is 1. The molecule has 0 aromatic heterocycles. The molecule has 1 aliphatic rings. The van der Waals surface area contributed by atoms with Crippen LogP contribution < -0.4 is 0 Å². The minimum atomic E-state index is -0.217. The fraction of sp³-hybridized carbons (Fsp3) is 0.429. The van der Waals surface area contributed by atoms with E-state index >= 15 is 0 Å². The molecule has 1 amide bonds. The van der Waals surface area contributed by atoms with Gasteiger partial charge in [-0.1, -0.05) is 12.1 Å². The first-order valence-electron chi connectivity index (χ1n) is 6.34. The van der Waals surface area contributed by atoms with Gasteiger partial charge in [0.05, 0.1) is 18.4 Å². The average molecular weight is 358 g/mol. The van der Waals surface area contributed by atoms with E-state index < -0.39 is 0 Å². The SMILES string of the molecule is COC(=O)CSC1CCN(C(=O)c2ccccc2Br)C1. The van der Waals surface area contributed by atoms with Gasteiger partial charge in [0.2, 0.25) is 0 Å². The Morgan fingerprint density at radius 2 is 2.20 bits per heavy atom. The molecule has 1 unspecified atom stereocenters. The molecule has 1 heterocycles. The first-order valence-corrected chi connectivity index (χ1v) is 8.18. The minimum absolute atomic E-state index is 0.0404. The predicted octanol–water partition coefficient (Wildman–Crippen LogP) is 2.57. The zero-order valence-corrected chi connectivity index (χ0v) is 13.6. The number of ether oxygens (including phenoxy) is 1. The van der Waals surface area contributed by atoms with Crippen LogP contribution in [0.5, 0.6) is 0 Å². The molecule has 1 atom stereocenters. The lowest BCUT2D eigenvalue weighted by Gasteiger charge is -2.17. The zero-order valence-electron chi connectivity index (χ0n) is 11.2. The summed E-state index contributed by atoms with van der Waals surface area (Å²) in [5.74, 6) is 0.169. The summed E-state index contributed by atoms with van der Waals surface area (Å²) in [6.07, 6.45) is 0.915. The number of hydrogen-bond donors (Lipinski definition) is 0. The van der Waals surface area contributed by atoms with E-state index in [1.807, 2.05) is 29.2 Å². The number of thioether (sulfide) groups is 1. The second kappa shape index (κ2) is 7.13. The van der Waals surface area contributed by atoms with Crippen LogP contribution >= 0.6 is 27.7 Å². The number of benzene rings is 1. The molecule has 4 nitrogen and oxygen atoms in total. The Kier molecular flexibility index (Phi) is 5.48. The summed E-state index contributed by atoms with van der Waals surface area (Å²) in [5, 5.41) is 0.306. The van der Waals surface area contributed by atoms with E-state index in [-0.39, 0.29) is 11.9 Å². The molecule has 0 aliphatic carbocycles. The molecule has 20 heavy (non-hydrogen) atoms. The van der Waals surface area contributed by atoms with Crippen molar-refractivity contribution in [3.63, 3.8) is 0 Å². The predicted molar refractivity (Wildman–Crippen MR) is 82.9 cm³/mol. The van der Waals surface area contributed by atoms with Gasteiger partial charge in [-0.25, -0.2) is 0 Å². The lowest BCUT2D eigenvalue weighted by Crippen LogP contribution is -2.29. The van der Waals surface area contributed by atoms with Gasteiger partial charge in [-0.2, -0.15) is 0 Å². The lowest BCUT2D eigenvalue weighted by molar-refractivity contribution is -0.137. The second-order valence-corrected chi connectivity index (χ2v) is 6.67. The van der Waals surface area contributed by atoms with Crippen LogP contribution in [-0.4, -0.2) is 48.0 Å². The molecule has 1 aliphatic heterocycles. The Balaban J connectivity index is 1.91. The van der Waals surface area contributed by atoms with Gasteiger partial charge in [0, 0.05) is 22.8 Å². The number of rotatable bonds is 4. The first-order chi connectivity index (χ1) is 9.61. The van der Waals surface area contributed by atoms with Crippen LogP contribution in [-0.2, 0) is 9.53 Å². The van der Waals surface area contributed by atoms with Crippen molar-refractivity contribution >= 4 is 39.6 Å². The number of esters is 1. The Morgan fingerprint density at radius 3 is 2.90 bits per heavy atom. The highest BCUT2D eigenvalue weighted by Crippen LogP contribution is 2.26. The molecule has 1 aromatic carbocycles. The summed E-state index contributed by atoms with van der Waals surface area (Å²) < 4.78 is 5.44. The van der Waals surface area contributed by atoms with Gasteiger partial charge in [0.15, 0.2) is 0 Å². The fourth-order valence-electron chi connectivity index (χ4n) is 2.10. The smallest absolute Gasteiger partial charge is 0.315 e. The van der Waals surface area contributed by atoms with Crippen LogP contribution in [0.4, 0.5) is 0 Å². The fourth-order valence-corrected chi connectivity index (χ4v) is 3.60. The van der Waals surface area contributed by atoms with E-state index in [2.05, 4.69) is 20.7 Å². The third-order valence-corrected chi connectivity index (χ3v) is 5.15. The summed E-state index contributed by atoms with van der Waals surface area (Å²) >= 11 is 4.96. The van der Waals surface area contributed by atoms with E-state index in [1.54, 1.807) is 11.8 Å². The lowest BCUT2D eigenvalue weighted by atomic mass is 10.2.